The Bertz CT molecular complexity index is 573. The summed E-state index contributed by atoms with van der Waals surface area (Å²) in [5.74, 6) is -0.160. The van der Waals surface area contributed by atoms with E-state index in [1.54, 1.807) is 6.20 Å². The topological polar surface area (TPSA) is 54.9 Å². The minimum Gasteiger partial charge on any atom is -0.347 e. The molecular weight excluding hydrogens is 238 g/mol. The molecule has 0 bridgehead atoms. The van der Waals surface area contributed by atoms with E-state index in [0.29, 0.717) is 11.3 Å². The molecule has 0 radical (unpaired) electrons. The standard InChI is InChI=1S/C15H17N3O/c1-15(2,3)18-14(19)12-9-16-10-17-13(12)11-7-5-4-6-8-11/h4-10H,1-3H3,(H,18,19). The van der Waals surface area contributed by atoms with E-state index >= 15 is 0 Å². The molecule has 0 aliphatic rings. The summed E-state index contributed by atoms with van der Waals surface area (Å²) in [6, 6.07) is 9.62. The van der Waals surface area contributed by atoms with Gasteiger partial charge in [-0.25, -0.2) is 9.97 Å². The first-order valence-electron chi connectivity index (χ1n) is 6.15. The Morgan fingerprint density at radius 2 is 1.84 bits per heavy atom. The summed E-state index contributed by atoms with van der Waals surface area (Å²) in [4.78, 5) is 20.4. The van der Waals surface area contributed by atoms with Crippen LogP contribution in [0.5, 0.6) is 0 Å². The highest BCUT2D eigenvalue weighted by Crippen LogP contribution is 2.20. The van der Waals surface area contributed by atoms with Gasteiger partial charge in [-0.15, -0.1) is 0 Å². The summed E-state index contributed by atoms with van der Waals surface area (Å²) < 4.78 is 0. The lowest BCUT2D eigenvalue weighted by molar-refractivity contribution is 0.0919. The van der Waals surface area contributed by atoms with E-state index in [1.165, 1.54) is 6.33 Å². The quantitative estimate of drug-likeness (QED) is 0.897. The minimum atomic E-state index is -0.291. The van der Waals surface area contributed by atoms with E-state index in [4.69, 9.17) is 0 Å². The Balaban J connectivity index is 2.40. The van der Waals surface area contributed by atoms with E-state index in [2.05, 4.69) is 15.3 Å². The van der Waals surface area contributed by atoms with Crippen molar-refractivity contribution in [1.29, 1.82) is 0 Å². The molecular formula is C15H17N3O. The number of carbonyl (C=O) groups is 1. The molecule has 2 rings (SSSR count). The van der Waals surface area contributed by atoms with Crippen LogP contribution in [-0.2, 0) is 0 Å². The van der Waals surface area contributed by atoms with Crippen molar-refractivity contribution in [2.24, 2.45) is 0 Å². The number of nitrogens with zero attached hydrogens (tertiary/aromatic N) is 2. The number of carbonyl (C=O) groups excluding carboxylic acids is 1. The molecule has 0 unspecified atom stereocenters. The van der Waals surface area contributed by atoms with Crippen LogP contribution in [0.3, 0.4) is 0 Å². The molecule has 1 aromatic heterocycles. The molecule has 1 amide bonds. The predicted octanol–water partition coefficient (Wildman–Crippen LogP) is 2.67. The predicted molar refractivity (Wildman–Crippen MR) is 74.7 cm³/mol. The maximum atomic E-state index is 12.3. The lowest BCUT2D eigenvalue weighted by Gasteiger charge is -2.21. The fourth-order valence-corrected chi connectivity index (χ4v) is 1.73. The van der Waals surface area contributed by atoms with Gasteiger partial charge in [-0.1, -0.05) is 30.3 Å². The second-order valence-electron chi connectivity index (χ2n) is 5.36. The molecule has 0 aliphatic carbocycles. The molecule has 1 aromatic carbocycles. The Kier molecular flexibility index (Phi) is 3.60. The van der Waals surface area contributed by atoms with E-state index < -0.39 is 0 Å². The van der Waals surface area contributed by atoms with Crippen LogP contribution in [0, 0.1) is 0 Å². The van der Waals surface area contributed by atoms with Crippen molar-refractivity contribution in [2.45, 2.75) is 26.3 Å². The van der Waals surface area contributed by atoms with Gasteiger partial charge < -0.3 is 5.32 Å². The number of amides is 1. The van der Waals surface area contributed by atoms with Crippen LogP contribution in [0.2, 0.25) is 0 Å². The average Bonchev–Trinajstić information content (AvgIpc) is 2.38. The van der Waals surface area contributed by atoms with Gasteiger partial charge in [0.05, 0.1) is 11.3 Å². The summed E-state index contributed by atoms with van der Waals surface area (Å²) in [6.45, 7) is 5.82. The average molecular weight is 255 g/mol. The van der Waals surface area contributed by atoms with Gasteiger partial charge in [-0.05, 0) is 20.8 Å². The zero-order chi connectivity index (χ0) is 13.9. The molecule has 0 saturated heterocycles. The normalized spacial score (nSPS) is 11.1. The highest BCUT2D eigenvalue weighted by atomic mass is 16.1. The number of nitrogens with one attached hydrogen (secondary N) is 1. The van der Waals surface area contributed by atoms with Crippen LogP contribution in [0.4, 0.5) is 0 Å². The fourth-order valence-electron chi connectivity index (χ4n) is 1.73. The maximum Gasteiger partial charge on any atom is 0.255 e. The second kappa shape index (κ2) is 5.18. The van der Waals surface area contributed by atoms with Gasteiger partial charge in [0.2, 0.25) is 0 Å². The van der Waals surface area contributed by atoms with Gasteiger partial charge in [0, 0.05) is 17.3 Å². The van der Waals surface area contributed by atoms with Crippen LogP contribution in [0.25, 0.3) is 11.3 Å². The molecule has 98 valence electrons. The first kappa shape index (κ1) is 13.2. The SMILES string of the molecule is CC(C)(C)NC(=O)c1cncnc1-c1ccccc1. The Hall–Kier alpha value is -2.23. The molecule has 19 heavy (non-hydrogen) atoms. The van der Waals surface area contributed by atoms with Gasteiger partial charge in [-0.2, -0.15) is 0 Å². The number of rotatable bonds is 2. The third kappa shape index (κ3) is 3.37. The number of benzene rings is 1. The summed E-state index contributed by atoms with van der Waals surface area (Å²) in [5, 5.41) is 2.93. The van der Waals surface area contributed by atoms with Gasteiger partial charge in [0.15, 0.2) is 0 Å². The first-order valence-corrected chi connectivity index (χ1v) is 6.15. The molecule has 0 aliphatic heterocycles. The zero-order valence-electron chi connectivity index (χ0n) is 11.3. The molecule has 2 aromatic rings. The molecule has 0 fully saturated rings. The summed E-state index contributed by atoms with van der Waals surface area (Å²) in [6.07, 6.45) is 3.01. The van der Waals surface area contributed by atoms with Gasteiger partial charge in [0.25, 0.3) is 5.91 Å². The van der Waals surface area contributed by atoms with Crippen LogP contribution >= 0.6 is 0 Å². The fraction of sp³-hybridized carbons (Fsp3) is 0.267. The largest absolute Gasteiger partial charge is 0.347 e. The van der Waals surface area contributed by atoms with E-state index in [-0.39, 0.29) is 11.4 Å². The van der Waals surface area contributed by atoms with Crippen LogP contribution in [0.1, 0.15) is 31.1 Å². The summed E-state index contributed by atoms with van der Waals surface area (Å²) in [7, 11) is 0. The molecule has 0 spiro atoms. The van der Waals surface area contributed by atoms with E-state index in [9.17, 15) is 4.79 Å². The number of hydrogen-bond acceptors (Lipinski definition) is 3. The molecule has 4 nitrogen and oxygen atoms in total. The first-order chi connectivity index (χ1) is 8.97. The second-order valence-corrected chi connectivity index (χ2v) is 5.36. The molecule has 0 saturated carbocycles. The lowest BCUT2D eigenvalue weighted by atomic mass is 10.0. The van der Waals surface area contributed by atoms with Crippen molar-refractivity contribution in [2.75, 3.05) is 0 Å². The van der Waals surface area contributed by atoms with Crippen LogP contribution < -0.4 is 5.32 Å². The number of hydrogen-bond donors (Lipinski definition) is 1. The van der Waals surface area contributed by atoms with Gasteiger partial charge in [0.1, 0.15) is 6.33 Å². The maximum absolute atomic E-state index is 12.3. The van der Waals surface area contributed by atoms with Crippen LogP contribution in [-0.4, -0.2) is 21.4 Å². The Morgan fingerprint density at radius 1 is 1.16 bits per heavy atom. The third-order valence-corrected chi connectivity index (χ3v) is 2.49. The summed E-state index contributed by atoms with van der Waals surface area (Å²) in [5.41, 5.74) is 1.76. The monoisotopic (exact) mass is 255 g/mol. The molecule has 1 N–H and O–H groups in total. The zero-order valence-corrected chi connectivity index (χ0v) is 11.3. The molecule has 0 atom stereocenters. The smallest absolute Gasteiger partial charge is 0.255 e. The van der Waals surface area contributed by atoms with Gasteiger partial charge in [-0.3, -0.25) is 4.79 Å². The van der Waals surface area contributed by atoms with Crippen molar-refractivity contribution in [3.63, 3.8) is 0 Å². The summed E-state index contributed by atoms with van der Waals surface area (Å²) >= 11 is 0. The Morgan fingerprint density at radius 3 is 2.47 bits per heavy atom. The van der Waals surface area contributed by atoms with Crippen molar-refractivity contribution in [1.82, 2.24) is 15.3 Å². The minimum absolute atomic E-state index is 0.160. The van der Waals surface area contributed by atoms with Crippen molar-refractivity contribution in [3.05, 3.63) is 48.4 Å². The van der Waals surface area contributed by atoms with E-state index in [1.807, 2.05) is 51.1 Å². The Labute approximate surface area is 112 Å². The third-order valence-electron chi connectivity index (χ3n) is 2.49. The highest BCUT2D eigenvalue weighted by molar-refractivity contribution is 5.99. The van der Waals surface area contributed by atoms with Crippen molar-refractivity contribution < 1.29 is 4.79 Å². The molecule has 1 heterocycles. The van der Waals surface area contributed by atoms with Crippen LogP contribution in [0.15, 0.2) is 42.9 Å². The van der Waals surface area contributed by atoms with Crippen molar-refractivity contribution in [3.8, 4) is 11.3 Å². The molecule has 4 heteroatoms. The highest BCUT2D eigenvalue weighted by Gasteiger charge is 2.19. The van der Waals surface area contributed by atoms with Gasteiger partial charge >= 0.3 is 0 Å². The number of aromatic nitrogens is 2. The van der Waals surface area contributed by atoms with E-state index in [0.717, 1.165) is 5.56 Å². The lowest BCUT2D eigenvalue weighted by Crippen LogP contribution is -2.40. The van der Waals surface area contributed by atoms with Crippen molar-refractivity contribution >= 4 is 5.91 Å².